The van der Waals surface area contributed by atoms with Gasteiger partial charge in [0, 0.05) is 19.0 Å². The number of nitrogens with zero attached hydrogens (tertiary/aromatic N) is 1. The summed E-state index contributed by atoms with van der Waals surface area (Å²) in [4.78, 5) is 13.2. The molecule has 1 amide bonds. The molecule has 0 saturated carbocycles. The van der Waals surface area contributed by atoms with Crippen molar-refractivity contribution in [1.82, 2.24) is 4.90 Å². The van der Waals surface area contributed by atoms with E-state index in [1.165, 1.54) is 0 Å². The van der Waals surface area contributed by atoms with Crippen LogP contribution in [0.2, 0.25) is 0 Å². The molecule has 1 aliphatic heterocycles. The second-order valence-electron chi connectivity index (χ2n) is 3.65. The van der Waals surface area contributed by atoms with Gasteiger partial charge >= 0.3 is 0 Å². The summed E-state index contributed by atoms with van der Waals surface area (Å²) in [5.74, 6) is 0.439. The van der Waals surface area contributed by atoms with Crippen molar-refractivity contribution in [3.8, 4) is 0 Å². The van der Waals surface area contributed by atoms with Gasteiger partial charge in [0.1, 0.15) is 0 Å². The van der Waals surface area contributed by atoms with Gasteiger partial charge < -0.3 is 10.0 Å². The third-order valence-electron chi connectivity index (χ3n) is 2.38. The van der Waals surface area contributed by atoms with Crippen molar-refractivity contribution in [2.75, 3.05) is 13.1 Å². The largest absolute Gasteiger partial charge is 0.393 e. The van der Waals surface area contributed by atoms with Crippen molar-refractivity contribution in [2.24, 2.45) is 5.92 Å². The number of aliphatic hydroxyl groups excluding tert-OH is 1. The molecule has 1 rings (SSSR count). The molecule has 2 unspecified atom stereocenters. The Morgan fingerprint density at radius 2 is 2.42 bits per heavy atom. The van der Waals surface area contributed by atoms with Crippen molar-refractivity contribution in [2.45, 2.75) is 32.8 Å². The van der Waals surface area contributed by atoms with E-state index in [1.807, 2.05) is 11.8 Å². The molecule has 0 bridgehead atoms. The minimum Gasteiger partial charge on any atom is -0.393 e. The van der Waals surface area contributed by atoms with Crippen LogP contribution in [0.15, 0.2) is 0 Å². The number of carbonyl (C=O) groups is 1. The number of hydrogen-bond acceptors (Lipinski definition) is 2. The van der Waals surface area contributed by atoms with E-state index in [4.69, 9.17) is 5.11 Å². The van der Waals surface area contributed by atoms with Crippen LogP contribution in [0.25, 0.3) is 0 Å². The highest BCUT2D eigenvalue weighted by atomic mass is 16.3. The van der Waals surface area contributed by atoms with Gasteiger partial charge in [0.2, 0.25) is 5.91 Å². The van der Waals surface area contributed by atoms with Crippen LogP contribution in [0.4, 0.5) is 0 Å². The van der Waals surface area contributed by atoms with E-state index in [0.29, 0.717) is 13.0 Å². The van der Waals surface area contributed by atoms with Gasteiger partial charge in [-0.25, -0.2) is 0 Å². The fourth-order valence-corrected chi connectivity index (χ4v) is 1.46. The van der Waals surface area contributed by atoms with Crippen LogP contribution < -0.4 is 0 Å². The van der Waals surface area contributed by atoms with Gasteiger partial charge in [-0.05, 0) is 19.8 Å². The third kappa shape index (κ3) is 2.21. The summed E-state index contributed by atoms with van der Waals surface area (Å²) < 4.78 is 0. The Morgan fingerprint density at radius 3 is 2.83 bits per heavy atom. The molecular formula is C9H17NO2. The molecule has 1 saturated heterocycles. The van der Waals surface area contributed by atoms with E-state index in [-0.39, 0.29) is 17.9 Å². The molecule has 70 valence electrons. The van der Waals surface area contributed by atoms with Crippen LogP contribution in [0.1, 0.15) is 26.7 Å². The van der Waals surface area contributed by atoms with Gasteiger partial charge in [0.05, 0.1) is 6.10 Å². The van der Waals surface area contributed by atoms with Gasteiger partial charge in [-0.15, -0.1) is 0 Å². The van der Waals surface area contributed by atoms with Gasteiger partial charge in [-0.1, -0.05) is 6.92 Å². The summed E-state index contributed by atoms with van der Waals surface area (Å²) in [5.41, 5.74) is 0. The average Bonchev–Trinajstić information content (AvgIpc) is 2.30. The lowest BCUT2D eigenvalue weighted by atomic mass is 10.1. The first-order valence-electron chi connectivity index (χ1n) is 4.58. The van der Waals surface area contributed by atoms with Crippen molar-refractivity contribution in [3.63, 3.8) is 0 Å². The minimum absolute atomic E-state index is 0.194. The number of carbonyl (C=O) groups excluding carboxylic acids is 1. The van der Waals surface area contributed by atoms with Crippen LogP contribution in [-0.4, -0.2) is 35.1 Å². The summed E-state index contributed by atoms with van der Waals surface area (Å²) in [6, 6.07) is 0. The summed E-state index contributed by atoms with van der Waals surface area (Å²) in [7, 11) is 0. The average molecular weight is 171 g/mol. The van der Waals surface area contributed by atoms with Crippen molar-refractivity contribution >= 4 is 5.91 Å². The summed E-state index contributed by atoms with van der Waals surface area (Å²) in [5, 5.41) is 9.03. The first-order valence-corrected chi connectivity index (χ1v) is 4.58. The Hall–Kier alpha value is -0.570. The summed E-state index contributed by atoms with van der Waals surface area (Å²) >= 11 is 0. The molecule has 1 aliphatic rings. The number of rotatable bonds is 3. The smallest absolute Gasteiger partial charge is 0.225 e. The number of aliphatic hydroxyl groups is 1. The Kier molecular flexibility index (Phi) is 3.09. The number of likely N-dealkylation sites (tertiary alicyclic amines) is 1. The molecule has 1 N–H and O–H groups in total. The molecule has 1 heterocycles. The van der Waals surface area contributed by atoms with Crippen LogP contribution >= 0.6 is 0 Å². The highest BCUT2D eigenvalue weighted by Gasteiger charge is 2.27. The molecule has 1 fully saturated rings. The second kappa shape index (κ2) is 3.90. The van der Waals surface area contributed by atoms with E-state index in [1.54, 1.807) is 6.92 Å². The minimum atomic E-state index is -0.297. The second-order valence-corrected chi connectivity index (χ2v) is 3.65. The molecule has 2 atom stereocenters. The standard InChI is InChI=1S/C9H17NO2/c1-7-3-5-10(9(7)12)6-4-8(2)11/h7-8,11H,3-6H2,1-2H3. The molecule has 3 nitrogen and oxygen atoms in total. The Balaban J connectivity index is 2.30. The third-order valence-corrected chi connectivity index (χ3v) is 2.38. The highest BCUT2D eigenvalue weighted by molar-refractivity contribution is 5.80. The van der Waals surface area contributed by atoms with Crippen molar-refractivity contribution < 1.29 is 9.90 Å². The maximum Gasteiger partial charge on any atom is 0.225 e. The first-order chi connectivity index (χ1) is 5.61. The quantitative estimate of drug-likeness (QED) is 0.676. The maximum atomic E-state index is 11.4. The molecule has 0 aromatic rings. The Labute approximate surface area is 73.4 Å². The number of hydrogen-bond donors (Lipinski definition) is 1. The molecule has 12 heavy (non-hydrogen) atoms. The van der Waals surface area contributed by atoms with E-state index < -0.39 is 0 Å². The van der Waals surface area contributed by atoms with E-state index in [0.717, 1.165) is 13.0 Å². The van der Waals surface area contributed by atoms with E-state index in [9.17, 15) is 4.79 Å². The molecular weight excluding hydrogens is 154 g/mol. The van der Waals surface area contributed by atoms with E-state index >= 15 is 0 Å². The topological polar surface area (TPSA) is 40.5 Å². The van der Waals surface area contributed by atoms with Gasteiger partial charge in [0.15, 0.2) is 0 Å². The van der Waals surface area contributed by atoms with E-state index in [2.05, 4.69) is 0 Å². The predicted octanol–water partition coefficient (Wildman–Crippen LogP) is 0.626. The van der Waals surface area contributed by atoms with Crippen LogP contribution in [-0.2, 0) is 4.79 Å². The lowest BCUT2D eigenvalue weighted by molar-refractivity contribution is -0.130. The normalized spacial score (nSPS) is 26.4. The molecule has 0 aromatic heterocycles. The summed E-state index contributed by atoms with van der Waals surface area (Å²) in [6.07, 6.45) is 1.37. The zero-order valence-corrected chi connectivity index (χ0v) is 7.79. The molecule has 0 spiro atoms. The monoisotopic (exact) mass is 171 g/mol. The van der Waals surface area contributed by atoms with Gasteiger partial charge in [-0.3, -0.25) is 4.79 Å². The SMILES string of the molecule is CC(O)CCN1CCC(C)C1=O. The Bertz CT molecular complexity index is 168. The predicted molar refractivity (Wildman–Crippen MR) is 46.7 cm³/mol. The zero-order valence-electron chi connectivity index (χ0n) is 7.79. The lowest BCUT2D eigenvalue weighted by Gasteiger charge is -2.16. The first kappa shape index (κ1) is 9.52. The summed E-state index contributed by atoms with van der Waals surface area (Å²) in [6.45, 7) is 5.29. The molecule has 0 aliphatic carbocycles. The van der Waals surface area contributed by atoms with Crippen LogP contribution in [0, 0.1) is 5.92 Å². The molecule has 3 heteroatoms. The van der Waals surface area contributed by atoms with Crippen LogP contribution in [0.3, 0.4) is 0 Å². The zero-order chi connectivity index (χ0) is 9.14. The molecule has 0 radical (unpaired) electrons. The van der Waals surface area contributed by atoms with Crippen molar-refractivity contribution in [3.05, 3.63) is 0 Å². The lowest BCUT2D eigenvalue weighted by Crippen LogP contribution is -2.29. The Morgan fingerprint density at radius 1 is 1.75 bits per heavy atom. The number of amides is 1. The van der Waals surface area contributed by atoms with Crippen LogP contribution in [0.5, 0.6) is 0 Å². The fraction of sp³-hybridized carbons (Fsp3) is 0.889. The van der Waals surface area contributed by atoms with Gasteiger partial charge in [-0.2, -0.15) is 0 Å². The molecule has 0 aromatic carbocycles. The maximum absolute atomic E-state index is 11.4. The van der Waals surface area contributed by atoms with Gasteiger partial charge in [0.25, 0.3) is 0 Å². The van der Waals surface area contributed by atoms with Crippen molar-refractivity contribution in [1.29, 1.82) is 0 Å². The highest BCUT2D eigenvalue weighted by Crippen LogP contribution is 2.17. The fourth-order valence-electron chi connectivity index (χ4n) is 1.46.